The standard InChI is InChI=1S/3C16H21NOSi.Bi/c3*1-12(15(2,3)4)16(5,18-19)17-11-10-13-8-6-7-9-14(13)17;/h3*6,8-12H,1-5H3;. The molecule has 0 saturated carbocycles. The number of benzene rings is 3. The van der Waals surface area contributed by atoms with Crippen LogP contribution < -0.4 is 9.81 Å². The first-order valence-electron chi connectivity index (χ1n) is 20.6. The van der Waals surface area contributed by atoms with Gasteiger partial charge in [-0.1, -0.05) is 0 Å². The van der Waals surface area contributed by atoms with Gasteiger partial charge in [0.1, 0.15) is 0 Å². The summed E-state index contributed by atoms with van der Waals surface area (Å²) < 4.78 is 30.0. The number of nitrogens with zero attached hydrogens (tertiary/aromatic N) is 3. The zero-order valence-electron chi connectivity index (χ0n) is 37.4. The molecule has 6 nitrogen and oxygen atoms in total. The van der Waals surface area contributed by atoms with Crippen LogP contribution in [0.5, 0.6) is 0 Å². The normalized spacial score (nSPS) is 18.1. The van der Waals surface area contributed by atoms with Crippen molar-refractivity contribution in [2.45, 2.75) is 121 Å². The molecule has 9 radical (unpaired) electrons. The van der Waals surface area contributed by atoms with E-state index < -0.39 is 38.9 Å². The molecule has 0 N–H and O–H groups in total. The predicted octanol–water partition coefficient (Wildman–Crippen LogP) is 9.43. The Bertz CT molecular complexity index is 2150. The van der Waals surface area contributed by atoms with E-state index in [-0.39, 0.29) is 34.0 Å². The summed E-state index contributed by atoms with van der Waals surface area (Å²) in [5.41, 5.74) is 1.61. The van der Waals surface area contributed by atoms with Gasteiger partial charge in [-0.05, 0) is 0 Å². The van der Waals surface area contributed by atoms with E-state index >= 15 is 0 Å². The molecule has 10 heteroatoms. The van der Waals surface area contributed by atoms with Crippen molar-refractivity contribution in [1.82, 2.24) is 13.7 Å². The summed E-state index contributed by atoms with van der Waals surface area (Å²) in [6.07, 6.45) is 6.56. The van der Waals surface area contributed by atoms with Crippen LogP contribution in [0.3, 0.4) is 0 Å². The fourth-order valence-electron chi connectivity index (χ4n) is 8.83. The third kappa shape index (κ3) is 7.75. The number of hydrogen-bond donors (Lipinski definition) is 0. The molecule has 0 fully saturated rings. The number of rotatable bonds is 12. The van der Waals surface area contributed by atoms with Crippen molar-refractivity contribution in [3.63, 3.8) is 0 Å². The first-order chi connectivity index (χ1) is 26.9. The molecule has 0 spiro atoms. The number of fused-ring (bicyclic) bond motifs is 3. The van der Waals surface area contributed by atoms with Crippen LogP contribution in [0.25, 0.3) is 32.7 Å². The summed E-state index contributed by atoms with van der Waals surface area (Å²) >= 11 is -3.14. The van der Waals surface area contributed by atoms with Crippen molar-refractivity contribution in [3.8, 4) is 0 Å². The molecule has 0 amide bonds. The van der Waals surface area contributed by atoms with Crippen LogP contribution in [0.1, 0.15) is 104 Å². The first-order valence-corrected chi connectivity index (χ1v) is 27.0. The summed E-state index contributed by atoms with van der Waals surface area (Å²) in [7, 11) is 10.7. The SMILES string of the molecule is CC(C(C)(C)C)C(C)(O[Si])n1ccc2cc[c]([Bi]([c]3ccc4ccn(C(C)(O[Si])C(C)C(C)(C)C)c4c3)[c]3ccc4ccn(C(C)(O[Si])C(C)C(C)(C)C)c4c3)cc21. The van der Waals surface area contributed by atoms with Gasteiger partial charge in [0.15, 0.2) is 0 Å². The second kappa shape index (κ2) is 15.9. The van der Waals surface area contributed by atoms with E-state index in [1.807, 2.05) is 0 Å². The summed E-state index contributed by atoms with van der Waals surface area (Å²) in [5.74, 6) is 0.551. The van der Waals surface area contributed by atoms with E-state index in [2.05, 4.69) is 240 Å². The van der Waals surface area contributed by atoms with Gasteiger partial charge in [0, 0.05) is 0 Å². The summed E-state index contributed by atoms with van der Waals surface area (Å²) in [5, 5.41) is 3.58. The molecule has 0 aliphatic carbocycles. The van der Waals surface area contributed by atoms with Gasteiger partial charge < -0.3 is 0 Å². The Morgan fingerprint density at radius 2 is 0.655 bits per heavy atom. The summed E-state index contributed by atoms with van der Waals surface area (Å²) in [4.78, 5) is 0. The van der Waals surface area contributed by atoms with Crippen LogP contribution in [-0.2, 0) is 30.5 Å². The first kappa shape index (κ1) is 45.2. The molecule has 0 aliphatic rings. The van der Waals surface area contributed by atoms with Crippen LogP contribution in [0, 0.1) is 34.0 Å². The van der Waals surface area contributed by atoms with Gasteiger partial charge in [0.05, 0.1) is 0 Å². The number of aromatic nitrogens is 3. The molecule has 6 aromatic rings. The van der Waals surface area contributed by atoms with Gasteiger partial charge in [-0.2, -0.15) is 0 Å². The van der Waals surface area contributed by atoms with E-state index in [1.54, 1.807) is 0 Å². The molecule has 3 aromatic heterocycles. The molecule has 6 rings (SSSR count). The van der Waals surface area contributed by atoms with Gasteiger partial charge in [0.25, 0.3) is 0 Å². The predicted molar refractivity (Wildman–Crippen MR) is 248 cm³/mol. The molecule has 6 unspecified atom stereocenters. The molecule has 0 saturated heterocycles. The minimum atomic E-state index is -3.14. The van der Waals surface area contributed by atoms with Gasteiger partial charge in [0.2, 0.25) is 0 Å². The van der Waals surface area contributed by atoms with E-state index in [0.717, 1.165) is 0 Å². The topological polar surface area (TPSA) is 42.5 Å². The third-order valence-electron chi connectivity index (χ3n) is 14.2. The number of hydrogen-bond acceptors (Lipinski definition) is 3. The Kier molecular flexibility index (Phi) is 12.4. The molecule has 305 valence electrons. The van der Waals surface area contributed by atoms with Crippen molar-refractivity contribution < 1.29 is 13.3 Å². The summed E-state index contributed by atoms with van der Waals surface area (Å²) in [6.45, 7) is 33.9. The Morgan fingerprint density at radius 3 is 0.862 bits per heavy atom. The third-order valence-corrected chi connectivity index (χ3v) is 24.7. The molecule has 0 aliphatic heterocycles. The Morgan fingerprint density at radius 1 is 0.414 bits per heavy atom. The van der Waals surface area contributed by atoms with Crippen molar-refractivity contribution in [3.05, 3.63) is 91.4 Å². The molecule has 3 heterocycles. The molecule has 6 atom stereocenters. The Balaban J connectivity index is 1.63. The Hall–Kier alpha value is -2.31. The maximum atomic E-state index is 6.27. The van der Waals surface area contributed by atoms with Gasteiger partial charge in [-0.15, -0.1) is 0 Å². The van der Waals surface area contributed by atoms with Gasteiger partial charge in [-0.3, -0.25) is 0 Å². The summed E-state index contributed by atoms with van der Waals surface area (Å²) in [6, 6.07) is 28.1. The van der Waals surface area contributed by atoms with Crippen molar-refractivity contribution >= 4 is 95.7 Å². The maximum absolute atomic E-state index is 6.27. The van der Waals surface area contributed by atoms with E-state index in [9.17, 15) is 0 Å². The van der Waals surface area contributed by atoms with Crippen molar-refractivity contribution in [2.24, 2.45) is 34.0 Å². The molecular weight excluding hydrogens is 960 g/mol. The van der Waals surface area contributed by atoms with Crippen molar-refractivity contribution in [2.75, 3.05) is 0 Å². The molecule has 0 bridgehead atoms. The van der Waals surface area contributed by atoms with Crippen LogP contribution in [-0.4, -0.2) is 66.9 Å². The van der Waals surface area contributed by atoms with E-state index in [4.69, 9.17) is 13.3 Å². The molecule has 58 heavy (non-hydrogen) atoms. The van der Waals surface area contributed by atoms with Crippen molar-refractivity contribution in [1.29, 1.82) is 0 Å². The second-order valence-corrected chi connectivity index (χ2v) is 29.6. The van der Waals surface area contributed by atoms with Gasteiger partial charge in [-0.25, -0.2) is 0 Å². The fraction of sp³-hybridized carbons (Fsp3) is 0.500. The molecule has 3 aromatic carbocycles. The van der Waals surface area contributed by atoms with Gasteiger partial charge >= 0.3 is 369 Å². The minimum absolute atomic E-state index is 0.00103. The zero-order chi connectivity index (χ0) is 43.0. The zero-order valence-corrected chi connectivity index (χ0v) is 43.9. The van der Waals surface area contributed by atoms with Crippen LogP contribution in [0.15, 0.2) is 91.4 Å². The average molecular weight is 1020 g/mol. The quantitative estimate of drug-likeness (QED) is 0.115. The second-order valence-electron chi connectivity index (χ2n) is 20.4. The van der Waals surface area contributed by atoms with E-state index in [1.165, 1.54) is 42.5 Å². The Labute approximate surface area is 366 Å². The monoisotopic (exact) mass is 1020 g/mol. The fourth-order valence-corrected chi connectivity index (χ4v) is 18.7. The average Bonchev–Trinajstić information content (AvgIpc) is 3.92. The molecular formula is C48H63BiN3O3Si3. The van der Waals surface area contributed by atoms with E-state index in [0.29, 0.717) is 0 Å². The van der Waals surface area contributed by atoms with Crippen LogP contribution >= 0.6 is 0 Å². The van der Waals surface area contributed by atoms with Crippen LogP contribution in [0.2, 0.25) is 0 Å². The van der Waals surface area contributed by atoms with Crippen LogP contribution in [0.4, 0.5) is 0 Å².